The van der Waals surface area contributed by atoms with Gasteiger partial charge in [-0.2, -0.15) is 0 Å². The van der Waals surface area contributed by atoms with E-state index in [1.54, 1.807) is 13.2 Å². The van der Waals surface area contributed by atoms with Gasteiger partial charge in [0.05, 0.1) is 12.7 Å². The zero-order chi connectivity index (χ0) is 14.8. The van der Waals surface area contributed by atoms with Crippen LogP contribution in [0.15, 0.2) is 60.7 Å². The van der Waals surface area contributed by atoms with Crippen LogP contribution in [0, 0.1) is 0 Å². The van der Waals surface area contributed by atoms with Crippen molar-refractivity contribution >= 4 is 16.7 Å². The number of hydrogen-bond acceptors (Lipinski definition) is 2. The summed E-state index contributed by atoms with van der Waals surface area (Å²) in [4.78, 5) is 11.6. The van der Waals surface area contributed by atoms with Crippen LogP contribution in [0.3, 0.4) is 0 Å². The molecule has 0 unspecified atom stereocenters. The summed E-state index contributed by atoms with van der Waals surface area (Å²) in [6, 6.07) is 18.7. The molecule has 1 N–H and O–H groups in total. The van der Waals surface area contributed by atoms with Gasteiger partial charge in [-0.1, -0.05) is 48.5 Å². The molecule has 0 heterocycles. The van der Waals surface area contributed by atoms with Crippen LogP contribution >= 0.6 is 0 Å². The minimum absolute atomic E-state index is 0.276. The number of carboxylic acid groups (broad SMARTS) is 1. The summed E-state index contributed by atoms with van der Waals surface area (Å²) in [6.07, 6.45) is 0. The maximum atomic E-state index is 11.6. The lowest BCUT2D eigenvalue weighted by molar-refractivity contribution is 0.0698. The fourth-order valence-electron chi connectivity index (χ4n) is 2.59. The van der Waals surface area contributed by atoms with Gasteiger partial charge in [0, 0.05) is 11.1 Å². The van der Waals surface area contributed by atoms with Crippen LogP contribution < -0.4 is 4.74 Å². The van der Waals surface area contributed by atoms with E-state index in [1.807, 2.05) is 54.6 Å². The molecule has 3 aromatic carbocycles. The number of ether oxygens (including phenoxy) is 1. The summed E-state index contributed by atoms with van der Waals surface area (Å²) in [5.41, 5.74) is 1.76. The Balaban J connectivity index is 2.43. The standard InChI is InChI=1S/C18H14O3/c1-21-16-9-5-4-8-14(16)17-13-7-3-2-6-12(13)10-11-15(17)18(19)20/h2-11H,1H3,(H,19,20). The third-order valence-electron chi connectivity index (χ3n) is 3.54. The first-order valence-corrected chi connectivity index (χ1v) is 6.61. The molecule has 0 aliphatic heterocycles. The minimum Gasteiger partial charge on any atom is -0.496 e. The van der Waals surface area contributed by atoms with Gasteiger partial charge in [0.1, 0.15) is 5.75 Å². The second-order valence-corrected chi connectivity index (χ2v) is 4.71. The summed E-state index contributed by atoms with van der Waals surface area (Å²) in [7, 11) is 1.59. The number of aromatic carboxylic acids is 1. The molecule has 3 heteroatoms. The number of hydrogen-bond donors (Lipinski definition) is 1. The van der Waals surface area contributed by atoms with E-state index in [-0.39, 0.29) is 5.56 Å². The molecule has 3 nitrogen and oxygen atoms in total. The van der Waals surface area contributed by atoms with Gasteiger partial charge in [-0.15, -0.1) is 0 Å². The first-order valence-electron chi connectivity index (χ1n) is 6.61. The molecular formula is C18H14O3. The first-order chi connectivity index (χ1) is 10.2. The Morgan fingerprint density at radius 3 is 2.43 bits per heavy atom. The Kier molecular flexibility index (Phi) is 3.32. The highest BCUT2D eigenvalue weighted by Crippen LogP contribution is 2.37. The highest BCUT2D eigenvalue weighted by Gasteiger charge is 2.17. The molecule has 0 aromatic heterocycles. The van der Waals surface area contributed by atoms with Crippen LogP contribution in [0.1, 0.15) is 10.4 Å². The second-order valence-electron chi connectivity index (χ2n) is 4.71. The molecule has 0 amide bonds. The number of benzene rings is 3. The van der Waals surface area contributed by atoms with Gasteiger partial charge >= 0.3 is 5.97 Å². The second kappa shape index (κ2) is 5.29. The maximum Gasteiger partial charge on any atom is 0.336 e. The molecule has 0 atom stereocenters. The lowest BCUT2D eigenvalue weighted by Crippen LogP contribution is -2.01. The smallest absolute Gasteiger partial charge is 0.336 e. The van der Waals surface area contributed by atoms with Crippen LogP contribution in [0.25, 0.3) is 21.9 Å². The third kappa shape index (κ3) is 2.23. The maximum absolute atomic E-state index is 11.6. The number of rotatable bonds is 3. The molecule has 0 bridgehead atoms. The van der Waals surface area contributed by atoms with Crippen molar-refractivity contribution in [2.75, 3.05) is 7.11 Å². The normalized spacial score (nSPS) is 10.5. The third-order valence-corrected chi connectivity index (χ3v) is 3.54. The van der Waals surface area contributed by atoms with Crippen molar-refractivity contribution in [2.45, 2.75) is 0 Å². The van der Waals surface area contributed by atoms with Crippen molar-refractivity contribution in [1.82, 2.24) is 0 Å². The molecule has 0 saturated heterocycles. The van der Waals surface area contributed by atoms with E-state index < -0.39 is 5.97 Å². The van der Waals surface area contributed by atoms with Crippen molar-refractivity contribution in [3.8, 4) is 16.9 Å². The monoisotopic (exact) mass is 278 g/mol. The topological polar surface area (TPSA) is 46.5 Å². The van der Waals surface area contributed by atoms with Gasteiger partial charge in [-0.05, 0) is 22.9 Å². The summed E-state index contributed by atoms with van der Waals surface area (Å²) in [5, 5.41) is 11.4. The minimum atomic E-state index is -0.943. The number of fused-ring (bicyclic) bond motifs is 1. The SMILES string of the molecule is COc1ccccc1-c1c(C(=O)O)ccc2ccccc12. The van der Waals surface area contributed by atoms with E-state index in [2.05, 4.69) is 0 Å². The van der Waals surface area contributed by atoms with Crippen LogP contribution in [-0.4, -0.2) is 18.2 Å². The predicted molar refractivity (Wildman–Crippen MR) is 82.9 cm³/mol. The van der Waals surface area contributed by atoms with E-state index in [0.717, 1.165) is 16.3 Å². The number of carboxylic acids is 1. The molecule has 3 aromatic rings. The molecular weight excluding hydrogens is 264 g/mol. The van der Waals surface area contributed by atoms with Crippen molar-refractivity contribution in [3.63, 3.8) is 0 Å². The molecule has 3 rings (SSSR count). The van der Waals surface area contributed by atoms with E-state index in [4.69, 9.17) is 4.74 Å². The van der Waals surface area contributed by atoms with Crippen molar-refractivity contribution in [2.24, 2.45) is 0 Å². The van der Waals surface area contributed by atoms with Gasteiger partial charge in [0.25, 0.3) is 0 Å². The average molecular weight is 278 g/mol. The molecule has 0 spiro atoms. The molecule has 104 valence electrons. The highest BCUT2D eigenvalue weighted by molar-refractivity contribution is 6.08. The van der Waals surface area contributed by atoms with E-state index in [1.165, 1.54) is 0 Å². The summed E-state index contributed by atoms with van der Waals surface area (Å²) < 4.78 is 5.39. The van der Waals surface area contributed by atoms with Gasteiger partial charge < -0.3 is 9.84 Å². The van der Waals surface area contributed by atoms with Gasteiger partial charge in [0.15, 0.2) is 0 Å². The fourth-order valence-corrected chi connectivity index (χ4v) is 2.59. The van der Waals surface area contributed by atoms with Crippen molar-refractivity contribution in [1.29, 1.82) is 0 Å². The van der Waals surface area contributed by atoms with Crippen LogP contribution in [0.5, 0.6) is 5.75 Å². The highest BCUT2D eigenvalue weighted by atomic mass is 16.5. The van der Waals surface area contributed by atoms with E-state index in [9.17, 15) is 9.90 Å². The summed E-state index contributed by atoms with van der Waals surface area (Å²) in [5.74, 6) is -0.280. The Hall–Kier alpha value is -2.81. The summed E-state index contributed by atoms with van der Waals surface area (Å²) >= 11 is 0. The van der Waals surface area contributed by atoms with Crippen molar-refractivity contribution in [3.05, 3.63) is 66.2 Å². The van der Waals surface area contributed by atoms with Crippen LogP contribution in [0.4, 0.5) is 0 Å². The molecule has 0 radical (unpaired) electrons. The predicted octanol–water partition coefficient (Wildman–Crippen LogP) is 4.21. The van der Waals surface area contributed by atoms with Gasteiger partial charge in [0.2, 0.25) is 0 Å². The number of para-hydroxylation sites is 1. The number of methoxy groups -OCH3 is 1. The van der Waals surface area contributed by atoms with Crippen LogP contribution in [-0.2, 0) is 0 Å². The van der Waals surface area contributed by atoms with Crippen molar-refractivity contribution < 1.29 is 14.6 Å². The molecule has 21 heavy (non-hydrogen) atoms. The molecule has 0 aliphatic rings. The molecule has 0 fully saturated rings. The first kappa shape index (κ1) is 13.2. The number of carbonyl (C=O) groups is 1. The fraction of sp³-hybridized carbons (Fsp3) is 0.0556. The zero-order valence-corrected chi connectivity index (χ0v) is 11.5. The Labute approximate surface area is 122 Å². The van der Waals surface area contributed by atoms with Gasteiger partial charge in [-0.25, -0.2) is 4.79 Å². The van der Waals surface area contributed by atoms with E-state index in [0.29, 0.717) is 11.3 Å². The Morgan fingerprint density at radius 2 is 1.67 bits per heavy atom. The summed E-state index contributed by atoms with van der Waals surface area (Å²) in [6.45, 7) is 0. The quantitative estimate of drug-likeness (QED) is 0.780. The Morgan fingerprint density at radius 1 is 0.952 bits per heavy atom. The lowest BCUT2D eigenvalue weighted by atomic mass is 9.93. The van der Waals surface area contributed by atoms with Gasteiger partial charge in [-0.3, -0.25) is 0 Å². The zero-order valence-electron chi connectivity index (χ0n) is 11.5. The molecule has 0 saturated carbocycles. The molecule has 0 aliphatic carbocycles. The van der Waals surface area contributed by atoms with Crippen LogP contribution in [0.2, 0.25) is 0 Å². The lowest BCUT2D eigenvalue weighted by Gasteiger charge is -2.14. The average Bonchev–Trinajstić information content (AvgIpc) is 2.53. The van der Waals surface area contributed by atoms with E-state index >= 15 is 0 Å². The Bertz CT molecular complexity index is 822. The largest absolute Gasteiger partial charge is 0.496 e.